The van der Waals surface area contributed by atoms with Crippen molar-refractivity contribution in [1.29, 1.82) is 0 Å². The van der Waals surface area contributed by atoms with E-state index in [4.69, 9.17) is 11.6 Å². The van der Waals surface area contributed by atoms with Crippen LogP contribution in [0.1, 0.15) is 102 Å². The summed E-state index contributed by atoms with van der Waals surface area (Å²) in [5, 5.41) is 0. The third-order valence-electron chi connectivity index (χ3n) is 5.24. The molecule has 0 spiro atoms. The number of hydrogen-bond acceptors (Lipinski definition) is 2. The van der Waals surface area contributed by atoms with E-state index in [1.54, 1.807) is 0 Å². The Morgan fingerprint density at radius 1 is 0.750 bits per heavy atom. The van der Waals surface area contributed by atoms with Gasteiger partial charge < -0.3 is 0 Å². The minimum atomic E-state index is -0.229. The first-order chi connectivity index (χ1) is 13.8. The summed E-state index contributed by atoms with van der Waals surface area (Å²) in [4.78, 5) is 11.1. The Bertz CT molecular complexity index is 490. The quantitative estimate of drug-likeness (QED) is 0.151. The van der Waals surface area contributed by atoms with Crippen LogP contribution in [-0.2, 0) is 11.2 Å². The molecule has 0 radical (unpaired) electrons. The molecule has 3 nitrogen and oxygen atoms in total. The molecule has 0 fully saturated rings. The van der Waals surface area contributed by atoms with Gasteiger partial charge in [-0.15, -0.1) is 11.6 Å². The Morgan fingerprint density at radius 3 is 1.68 bits per heavy atom. The Balaban J connectivity index is 1.90. The van der Waals surface area contributed by atoms with E-state index in [0.29, 0.717) is 0 Å². The number of alkyl halides is 1. The van der Waals surface area contributed by atoms with Crippen LogP contribution in [-0.4, -0.2) is 11.8 Å². The van der Waals surface area contributed by atoms with E-state index in [9.17, 15) is 4.79 Å². The highest BCUT2D eigenvalue weighted by molar-refractivity contribution is 6.27. The maximum Gasteiger partial charge on any atom is 0.253 e. The van der Waals surface area contributed by atoms with Gasteiger partial charge in [-0.3, -0.25) is 15.6 Å². The topological polar surface area (TPSA) is 41.1 Å². The molecule has 0 aromatic heterocycles. The smallest absolute Gasteiger partial charge is 0.253 e. The van der Waals surface area contributed by atoms with Gasteiger partial charge in [-0.25, -0.2) is 0 Å². The number of halogens is 1. The summed E-state index contributed by atoms with van der Waals surface area (Å²) < 4.78 is 0. The first-order valence-electron chi connectivity index (χ1n) is 11.5. The molecule has 1 aromatic carbocycles. The standard InChI is InChI=1S/C24H41ClN2O/c1-2-3-4-5-6-7-8-9-10-11-12-13-14-15-16-22-17-19-23(20-18-22)26-27-24(28)21-25/h17-20,26H,2-16,21H2,1H3,(H,27,28). The van der Waals surface area contributed by atoms with Crippen molar-refractivity contribution in [2.45, 2.75) is 103 Å². The fourth-order valence-corrected chi connectivity index (χ4v) is 3.52. The number of hydrazine groups is 1. The van der Waals surface area contributed by atoms with Crippen molar-refractivity contribution in [1.82, 2.24) is 5.43 Å². The molecule has 1 amide bonds. The molecule has 0 aliphatic heterocycles. The summed E-state index contributed by atoms with van der Waals surface area (Å²) in [6.07, 6.45) is 20.7. The molecule has 160 valence electrons. The third kappa shape index (κ3) is 13.9. The number of unbranched alkanes of at least 4 members (excludes halogenated alkanes) is 13. The van der Waals surface area contributed by atoms with Gasteiger partial charge in [0.25, 0.3) is 5.91 Å². The summed E-state index contributed by atoms with van der Waals surface area (Å²) in [6, 6.07) is 8.23. The van der Waals surface area contributed by atoms with E-state index >= 15 is 0 Å². The number of nitrogens with one attached hydrogen (secondary N) is 2. The zero-order valence-electron chi connectivity index (χ0n) is 17.9. The highest BCUT2D eigenvalue weighted by Crippen LogP contribution is 2.15. The van der Waals surface area contributed by atoms with Crippen LogP contribution in [0.15, 0.2) is 24.3 Å². The SMILES string of the molecule is CCCCCCCCCCCCCCCCc1ccc(NNC(=O)CCl)cc1. The van der Waals surface area contributed by atoms with Crippen molar-refractivity contribution >= 4 is 23.2 Å². The minimum Gasteiger partial charge on any atom is -0.299 e. The van der Waals surface area contributed by atoms with E-state index in [-0.39, 0.29) is 11.8 Å². The van der Waals surface area contributed by atoms with Gasteiger partial charge in [-0.05, 0) is 30.5 Å². The van der Waals surface area contributed by atoms with Crippen molar-refractivity contribution in [2.24, 2.45) is 0 Å². The van der Waals surface area contributed by atoms with Crippen molar-refractivity contribution < 1.29 is 4.79 Å². The number of hydrogen-bond donors (Lipinski definition) is 2. The number of aryl methyl sites for hydroxylation is 1. The summed E-state index contributed by atoms with van der Waals surface area (Å²) in [7, 11) is 0. The van der Waals surface area contributed by atoms with Crippen LogP contribution in [0.5, 0.6) is 0 Å². The maximum atomic E-state index is 11.1. The van der Waals surface area contributed by atoms with E-state index in [0.717, 1.165) is 12.1 Å². The Hall–Kier alpha value is -1.22. The second-order valence-electron chi connectivity index (χ2n) is 7.85. The monoisotopic (exact) mass is 408 g/mol. The second-order valence-corrected chi connectivity index (χ2v) is 8.12. The predicted molar refractivity (Wildman–Crippen MR) is 123 cm³/mol. The lowest BCUT2D eigenvalue weighted by Gasteiger charge is -2.08. The molecule has 0 unspecified atom stereocenters. The summed E-state index contributed by atoms with van der Waals surface area (Å²) in [5.41, 5.74) is 7.64. The number of carbonyl (C=O) groups is 1. The lowest BCUT2D eigenvalue weighted by molar-refractivity contribution is -0.118. The molecule has 4 heteroatoms. The van der Waals surface area contributed by atoms with Crippen LogP contribution < -0.4 is 10.9 Å². The molecule has 0 atom stereocenters. The van der Waals surface area contributed by atoms with Crippen LogP contribution in [0, 0.1) is 0 Å². The zero-order valence-corrected chi connectivity index (χ0v) is 18.7. The van der Waals surface area contributed by atoms with E-state index in [1.807, 2.05) is 12.1 Å². The fraction of sp³-hybridized carbons (Fsp3) is 0.708. The number of rotatable bonds is 18. The largest absolute Gasteiger partial charge is 0.299 e. The Kier molecular flexibility index (Phi) is 15.8. The van der Waals surface area contributed by atoms with Gasteiger partial charge in [0.1, 0.15) is 5.88 Å². The van der Waals surface area contributed by atoms with Gasteiger partial charge in [0.05, 0.1) is 5.69 Å². The number of benzene rings is 1. The van der Waals surface area contributed by atoms with Crippen molar-refractivity contribution in [3.05, 3.63) is 29.8 Å². The van der Waals surface area contributed by atoms with E-state index < -0.39 is 0 Å². The van der Waals surface area contributed by atoms with Crippen LogP contribution in [0.3, 0.4) is 0 Å². The Labute approximate surface area is 178 Å². The van der Waals surface area contributed by atoms with Crippen molar-refractivity contribution in [3.8, 4) is 0 Å². The molecule has 1 rings (SSSR count). The van der Waals surface area contributed by atoms with Gasteiger partial charge in [0.2, 0.25) is 0 Å². The Morgan fingerprint density at radius 2 is 1.21 bits per heavy atom. The first-order valence-corrected chi connectivity index (χ1v) is 12.0. The average Bonchev–Trinajstić information content (AvgIpc) is 2.73. The van der Waals surface area contributed by atoms with Crippen LogP contribution in [0.2, 0.25) is 0 Å². The van der Waals surface area contributed by atoms with Crippen LogP contribution in [0.25, 0.3) is 0 Å². The molecular weight excluding hydrogens is 368 g/mol. The summed E-state index contributed by atoms with van der Waals surface area (Å²) in [6.45, 7) is 2.28. The molecule has 0 heterocycles. The van der Waals surface area contributed by atoms with Gasteiger partial charge >= 0.3 is 0 Å². The molecular formula is C24H41ClN2O. The maximum absolute atomic E-state index is 11.1. The molecule has 0 saturated carbocycles. The van der Waals surface area contributed by atoms with Gasteiger partial charge in [0, 0.05) is 0 Å². The molecule has 0 aliphatic carbocycles. The average molecular weight is 409 g/mol. The highest BCUT2D eigenvalue weighted by Gasteiger charge is 1.99. The van der Waals surface area contributed by atoms with Crippen molar-refractivity contribution in [2.75, 3.05) is 11.3 Å². The fourth-order valence-electron chi connectivity index (χ4n) is 3.45. The lowest BCUT2D eigenvalue weighted by atomic mass is 10.0. The number of amides is 1. The lowest BCUT2D eigenvalue weighted by Crippen LogP contribution is -2.30. The molecule has 1 aromatic rings. The van der Waals surface area contributed by atoms with Crippen LogP contribution >= 0.6 is 11.6 Å². The highest BCUT2D eigenvalue weighted by atomic mass is 35.5. The molecule has 2 N–H and O–H groups in total. The minimum absolute atomic E-state index is 0.0375. The van der Waals surface area contributed by atoms with Gasteiger partial charge in [-0.1, -0.05) is 103 Å². The second kappa shape index (κ2) is 17.8. The normalized spacial score (nSPS) is 10.8. The van der Waals surface area contributed by atoms with Crippen molar-refractivity contribution in [3.63, 3.8) is 0 Å². The van der Waals surface area contributed by atoms with Gasteiger partial charge in [0.15, 0.2) is 0 Å². The van der Waals surface area contributed by atoms with E-state index in [2.05, 4.69) is 29.9 Å². The predicted octanol–water partition coefficient (Wildman–Crippen LogP) is 7.39. The summed E-state index contributed by atoms with van der Waals surface area (Å²) in [5.74, 6) is -0.266. The van der Waals surface area contributed by atoms with Crippen LogP contribution in [0.4, 0.5) is 5.69 Å². The third-order valence-corrected chi connectivity index (χ3v) is 5.48. The molecule has 0 aliphatic rings. The molecule has 0 saturated heterocycles. The number of carbonyl (C=O) groups excluding carboxylic acids is 1. The molecule has 0 bridgehead atoms. The zero-order chi connectivity index (χ0) is 20.3. The van der Waals surface area contributed by atoms with Gasteiger partial charge in [-0.2, -0.15) is 0 Å². The van der Waals surface area contributed by atoms with E-state index in [1.165, 1.54) is 95.5 Å². The number of anilines is 1. The summed E-state index contributed by atoms with van der Waals surface area (Å²) >= 11 is 5.44. The molecule has 28 heavy (non-hydrogen) atoms. The first kappa shape index (κ1) is 24.8.